The van der Waals surface area contributed by atoms with Crippen LogP contribution in [0.15, 0.2) is 6.20 Å². The molecule has 1 N–H and O–H groups in total. The summed E-state index contributed by atoms with van der Waals surface area (Å²) in [7, 11) is 0. The molecule has 4 fully saturated rings. The number of nitrogens with one attached hydrogen (secondary N) is 1. The van der Waals surface area contributed by atoms with E-state index in [-0.39, 0.29) is 29.1 Å². The molecule has 2 aromatic rings. The number of anilines is 1. The van der Waals surface area contributed by atoms with Crippen LogP contribution in [0.1, 0.15) is 76.7 Å². The molecule has 0 aliphatic heterocycles. The van der Waals surface area contributed by atoms with Gasteiger partial charge in [0.2, 0.25) is 5.69 Å². The minimum atomic E-state index is -0.683. The van der Waals surface area contributed by atoms with Crippen molar-refractivity contribution in [1.29, 1.82) is 0 Å². The number of hydrogen-bond donors (Lipinski definition) is 1. The number of carbonyl (C=O) groups excluding carboxylic acids is 2. The van der Waals surface area contributed by atoms with Gasteiger partial charge in [-0.25, -0.2) is 4.79 Å². The van der Waals surface area contributed by atoms with Gasteiger partial charge in [0.05, 0.1) is 22.6 Å². The van der Waals surface area contributed by atoms with E-state index in [9.17, 15) is 19.7 Å². The van der Waals surface area contributed by atoms with Gasteiger partial charge in [0.25, 0.3) is 5.91 Å². The van der Waals surface area contributed by atoms with E-state index >= 15 is 0 Å². The number of aryl methyl sites for hydroxylation is 1. The van der Waals surface area contributed by atoms with Crippen molar-refractivity contribution in [3.63, 3.8) is 0 Å². The first-order chi connectivity index (χ1) is 15.7. The maximum absolute atomic E-state index is 13.2. The topological polar surface area (TPSA) is 116 Å². The maximum Gasteiger partial charge on any atom is 0.341 e. The van der Waals surface area contributed by atoms with E-state index in [0.29, 0.717) is 22.8 Å². The van der Waals surface area contributed by atoms with E-state index in [0.717, 1.165) is 29.7 Å². The Hall–Kier alpha value is -2.75. The largest absolute Gasteiger partial charge is 0.462 e. The lowest BCUT2D eigenvalue weighted by Gasteiger charge is -2.56. The Bertz CT molecular complexity index is 1110. The number of esters is 1. The van der Waals surface area contributed by atoms with Gasteiger partial charge in [0.1, 0.15) is 11.2 Å². The minimum Gasteiger partial charge on any atom is -0.462 e. The molecule has 4 aliphatic rings. The molecule has 176 valence electrons. The highest BCUT2D eigenvalue weighted by Crippen LogP contribution is 2.58. The third-order valence-electron chi connectivity index (χ3n) is 7.69. The van der Waals surface area contributed by atoms with Gasteiger partial charge in [0.15, 0.2) is 0 Å². The normalized spacial score (nSPS) is 27.5. The van der Waals surface area contributed by atoms with E-state index in [4.69, 9.17) is 4.74 Å². The molecule has 2 heterocycles. The molecule has 9 nitrogen and oxygen atoms in total. The molecule has 2 aromatic heterocycles. The quantitative estimate of drug-likeness (QED) is 0.366. The van der Waals surface area contributed by atoms with E-state index < -0.39 is 16.8 Å². The third-order valence-corrected chi connectivity index (χ3v) is 8.81. The summed E-state index contributed by atoms with van der Waals surface area (Å²) in [6.07, 6.45) is 8.07. The predicted molar refractivity (Wildman–Crippen MR) is 123 cm³/mol. The SMILES string of the molecule is CCOC(=O)c1c(NC(=O)c2nn(C34CC5CC(CC(C5)C3)C4)cc2[N+](=O)[O-])sc(C)c1C. The van der Waals surface area contributed by atoms with Crippen molar-refractivity contribution < 1.29 is 19.2 Å². The third kappa shape index (κ3) is 3.64. The molecule has 10 heteroatoms. The van der Waals surface area contributed by atoms with Crippen LogP contribution in [0.25, 0.3) is 0 Å². The lowest BCUT2D eigenvalue weighted by molar-refractivity contribution is -0.385. The van der Waals surface area contributed by atoms with Crippen LogP contribution in [0.5, 0.6) is 0 Å². The summed E-state index contributed by atoms with van der Waals surface area (Å²) in [5.74, 6) is 0.711. The molecule has 6 rings (SSSR count). The number of nitrogens with zero attached hydrogens (tertiary/aromatic N) is 3. The van der Waals surface area contributed by atoms with Gasteiger partial charge < -0.3 is 10.1 Å². The van der Waals surface area contributed by atoms with E-state index in [1.807, 2.05) is 6.92 Å². The average Bonchev–Trinajstić information content (AvgIpc) is 3.30. The maximum atomic E-state index is 13.2. The zero-order chi connectivity index (χ0) is 23.5. The monoisotopic (exact) mass is 472 g/mol. The summed E-state index contributed by atoms with van der Waals surface area (Å²) in [6.45, 7) is 5.56. The standard InChI is InChI=1S/C23H28N4O5S/c1-4-32-22(29)18-12(2)13(3)33-21(18)24-20(28)19-17(27(30)31)11-26(25-19)23-8-14-5-15(9-23)7-16(6-14)10-23/h11,14-16H,4-10H2,1-3H3,(H,24,28). The number of thiophene rings is 1. The Balaban J connectivity index is 1.48. The fraction of sp³-hybridized carbons (Fsp3) is 0.609. The van der Waals surface area contributed by atoms with Crippen molar-refractivity contribution in [2.45, 2.75) is 64.8 Å². The van der Waals surface area contributed by atoms with E-state index in [1.165, 1.54) is 36.8 Å². The van der Waals surface area contributed by atoms with Crippen LogP contribution in [0.3, 0.4) is 0 Å². The van der Waals surface area contributed by atoms with Gasteiger partial charge in [0, 0.05) is 4.88 Å². The minimum absolute atomic E-state index is 0.210. The van der Waals surface area contributed by atoms with Crippen LogP contribution in [-0.2, 0) is 10.3 Å². The average molecular weight is 473 g/mol. The summed E-state index contributed by atoms with van der Waals surface area (Å²) in [5, 5.41) is 19.4. The molecular weight excluding hydrogens is 444 g/mol. The highest BCUT2D eigenvalue weighted by molar-refractivity contribution is 7.16. The number of rotatable bonds is 6. The van der Waals surface area contributed by atoms with Gasteiger partial charge in [-0.1, -0.05) is 0 Å². The summed E-state index contributed by atoms with van der Waals surface area (Å²) in [6, 6.07) is 0. The van der Waals surface area contributed by atoms with Gasteiger partial charge >= 0.3 is 11.7 Å². The van der Waals surface area contributed by atoms with Crippen molar-refractivity contribution in [3.05, 3.63) is 38.0 Å². The molecular formula is C23H28N4O5S. The van der Waals surface area contributed by atoms with Crippen molar-refractivity contribution in [2.75, 3.05) is 11.9 Å². The predicted octanol–water partition coefficient (Wildman–Crippen LogP) is 4.82. The summed E-state index contributed by atoms with van der Waals surface area (Å²) < 4.78 is 6.87. The summed E-state index contributed by atoms with van der Waals surface area (Å²) in [4.78, 5) is 37.8. The van der Waals surface area contributed by atoms with Gasteiger partial charge in [-0.2, -0.15) is 5.10 Å². The number of amides is 1. The Morgan fingerprint density at radius 1 is 1.24 bits per heavy atom. The lowest BCUT2D eigenvalue weighted by Crippen LogP contribution is -2.52. The van der Waals surface area contributed by atoms with E-state index in [1.54, 1.807) is 18.5 Å². The van der Waals surface area contributed by atoms with Gasteiger partial charge in [-0.3, -0.25) is 19.6 Å². The molecule has 0 spiro atoms. The Labute approximate surface area is 195 Å². The van der Waals surface area contributed by atoms with Gasteiger partial charge in [-0.05, 0) is 82.6 Å². The Morgan fingerprint density at radius 2 is 1.85 bits per heavy atom. The van der Waals surface area contributed by atoms with E-state index in [2.05, 4.69) is 10.4 Å². The van der Waals surface area contributed by atoms with Crippen molar-refractivity contribution in [1.82, 2.24) is 9.78 Å². The molecule has 0 radical (unpaired) electrons. The summed E-state index contributed by atoms with van der Waals surface area (Å²) in [5.41, 5.74) is 0.267. The van der Waals surface area contributed by atoms with Gasteiger partial charge in [-0.15, -0.1) is 11.3 Å². The molecule has 1 amide bonds. The van der Waals surface area contributed by atoms with Crippen LogP contribution in [0.4, 0.5) is 10.7 Å². The Kier molecular flexibility index (Phi) is 5.30. The second kappa shape index (κ2) is 7.93. The molecule has 4 saturated carbocycles. The highest BCUT2D eigenvalue weighted by atomic mass is 32.1. The number of carbonyl (C=O) groups is 2. The molecule has 0 atom stereocenters. The zero-order valence-corrected chi connectivity index (χ0v) is 19.9. The molecule has 4 aliphatic carbocycles. The fourth-order valence-electron chi connectivity index (χ4n) is 6.58. The number of hydrogen-bond acceptors (Lipinski definition) is 7. The first-order valence-corrected chi connectivity index (χ1v) is 12.4. The van der Waals surface area contributed by atoms with Crippen LogP contribution >= 0.6 is 11.3 Å². The van der Waals surface area contributed by atoms with Crippen molar-refractivity contribution >= 4 is 33.9 Å². The van der Waals surface area contributed by atoms with Crippen LogP contribution in [0.2, 0.25) is 0 Å². The molecule has 33 heavy (non-hydrogen) atoms. The number of aromatic nitrogens is 2. The van der Waals surface area contributed by atoms with Crippen LogP contribution in [0, 0.1) is 41.7 Å². The van der Waals surface area contributed by atoms with Crippen molar-refractivity contribution in [2.24, 2.45) is 17.8 Å². The molecule has 4 bridgehead atoms. The summed E-state index contributed by atoms with van der Waals surface area (Å²) >= 11 is 1.25. The first kappa shape index (κ1) is 22.1. The lowest BCUT2D eigenvalue weighted by atomic mass is 9.53. The first-order valence-electron chi connectivity index (χ1n) is 11.5. The number of nitro groups is 1. The van der Waals surface area contributed by atoms with Crippen LogP contribution < -0.4 is 5.32 Å². The fourth-order valence-corrected chi connectivity index (χ4v) is 7.62. The Morgan fingerprint density at radius 3 is 2.39 bits per heavy atom. The molecule has 0 saturated heterocycles. The second-order valence-electron chi connectivity index (χ2n) is 9.87. The molecule has 0 unspecified atom stereocenters. The second-order valence-corrected chi connectivity index (χ2v) is 11.1. The van der Waals surface area contributed by atoms with Crippen LogP contribution in [-0.4, -0.2) is 33.2 Å². The highest BCUT2D eigenvalue weighted by Gasteiger charge is 2.53. The molecule has 0 aromatic carbocycles. The number of ether oxygens (including phenoxy) is 1. The smallest absolute Gasteiger partial charge is 0.341 e. The zero-order valence-electron chi connectivity index (χ0n) is 19.1. The van der Waals surface area contributed by atoms with Crippen molar-refractivity contribution in [3.8, 4) is 0 Å².